The molecule has 3 amide bonds. The Labute approximate surface area is 334 Å². The predicted molar refractivity (Wildman–Crippen MR) is 194 cm³/mol. The molecule has 1 saturated carbocycles. The molecule has 10 N–H and O–H groups in total. The van der Waals surface area contributed by atoms with Crippen molar-refractivity contribution in [1.29, 1.82) is 0 Å². The quantitative estimate of drug-likeness (QED) is 0.0675. The van der Waals surface area contributed by atoms with Gasteiger partial charge in [0.1, 0.15) is 6.04 Å². The van der Waals surface area contributed by atoms with Crippen LogP contribution < -0.4 is 32.3 Å². The van der Waals surface area contributed by atoms with Gasteiger partial charge in [-0.3, -0.25) is 14.4 Å². The number of carbonyl (C=O) groups is 6. The van der Waals surface area contributed by atoms with E-state index in [4.69, 9.17) is 35.4 Å². The fourth-order valence-corrected chi connectivity index (χ4v) is 4.65. The number of alkyl halides is 9. The average molecular weight is 873 g/mol. The molecule has 340 valence electrons. The van der Waals surface area contributed by atoms with E-state index in [1.165, 1.54) is 6.42 Å². The molecule has 1 fully saturated rings. The Morgan fingerprint density at radius 2 is 1.07 bits per heavy atom. The molecule has 1 atom stereocenters. The van der Waals surface area contributed by atoms with Crippen molar-refractivity contribution < 1.29 is 83.6 Å². The van der Waals surface area contributed by atoms with E-state index in [1.54, 1.807) is 0 Å². The number of hydrogen-bond donors (Lipinski definition) is 9. The summed E-state index contributed by atoms with van der Waals surface area (Å²) >= 11 is 0. The summed E-state index contributed by atoms with van der Waals surface area (Å²) in [4.78, 5) is 64.8. The number of hydrogen-bond acceptors (Lipinski definition) is 9. The Hall–Kier alpha value is -4.71. The van der Waals surface area contributed by atoms with Crippen molar-refractivity contribution >= 4 is 35.6 Å². The van der Waals surface area contributed by atoms with Crippen LogP contribution >= 0.6 is 0 Å². The number of unbranched alkanes of at least 4 members (excludes halogenated alkanes) is 1. The molecule has 2 rings (SSSR count). The Morgan fingerprint density at radius 1 is 0.627 bits per heavy atom. The number of nitrogens with two attached hydrogens (primary N) is 1. The van der Waals surface area contributed by atoms with Gasteiger partial charge in [-0.15, -0.1) is 0 Å². The lowest BCUT2D eigenvalue weighted by atomic mass is 9.88. The van der Waals surface area contributed by atoms with Crippen LogP contribution in [0.25, 0.3) is 0 Å². The second-order valence-corrected chi connectivity index (χ2v) is 12.6. The van der Waals surface area contributed by atoms with Crippen molar-refractivity contribution in [2.45, 2.75) is 95.2 Å². The smallest absolute Gasteiger partial charge is 0.475 e. The number of halogens is 9. The van der Waals surface area contributed by atoms with Crippen LogP contribution in [0.4, 0.5) is 39.5 Å². The first kappa shape index (κ1) is 56.4. The van der Waals surface area contributed by atoms with Crippen LogP contribution in [0.5, 0.6) is 0 Å². The molecule has 15 nitrogen and oxygen atoms in total. The van der Waals surface area contributed by atoms with Crippen LogP contribution in [-0.2, 0) is 35.2 Å². The van der Waals surface area contributed by atoms with E-state index in [-0.39, 0.29) is 23.6 Å². The first-order chi connectivity index (χ1) is 27.4. The molecule has 0 heterocycles. The Kier molecular flexibility index (Phi) is 29.9. The number of rotatable bonds is 20. The topological polar surface area (TPSA) is 249 Å². The highest BCUT2D eigenvalue weighted by molar-refractivity contribution is 5.88. The van der Waals surface area contributed by atoms with E-state index in [1.807, 2.05) is 30.3 Å². The summed E-state index contributed by atoms with van der Waals surface area (Å²) < 4.78 is 95.2. The molecule has 1 aliphatic rings. The molecule has 0 spiro atoms. The Bertz CT molecular complexity index is 1310. The summed E-state index contributed by atoms with van der Waals surface area (Å²) in [6.07, 6.45) is -5.49. The van der Waals surface area contributed by atoms with Crippen LogP contribution in [0.15, 0.2) is 30.3 Å². The first-order valence-corrected chi connectivity index (χ1v) is 18.3. The van der Waals surface area contributed by atoms with Crippen molar-refractivity contribution in [1.82, 2.24) is 26.6 Å². The van der Waals surface area contributed by atoms with Crippen molar-refractivity contribution in [2.75, 3.05) is 45.8 Å². The van der Waals surface area contributed by atoms with E-state index >= 15 is 0 Å². The second kappa shape index (κ2) is 31.2. The van der Waals surface area contributed by atoms with Crippen LogP contribution in [0.2, 0.25) is 0 Å². The number of nitrogens with one attached hydrogen (secondary N) is 5. The maximum absolute atomic E-state index is 12.9. The highest BCUT2D eigenvalue weighted by Gasteiger charge is 2.39. The lowest BCUT2D eigenvalue weighted by molar-refractivity contribution is -0.193. The zero-order valence-electron chi connectivity index (χ0n) is 32.0. The molecular formula is C35H53F9N6O9. The third-order valence-electron chi connectivity index (χ3n) is 7.64. The fourth-order valence-electron chi connectivity index (χ4n) is 4.65. The van der Waals surface area contributed by atoms with Gasteiger partial charge >= 0.3 is 36.4 Å². The predicted octanol–water partition coefficient (Wildman–Crippen LogP) is 3.51. The molecule has 0 saturated heterocycles. The molecule has 0 radical (unpaired) electrons. The zero-order valence-corrected chi connectivity index (χ0v) is 32.0. The minimum absolute atomic E-state index is 0.0215. The van der Waals surface area contributed by atoms with E-state index < -0.39 is 42.5 Å². The van der Waals surface area contributed by atoms with Crippen molar-refractivity contribution in [3.63, 3.8) is 0 Å². The van der Waals surface area contributed by atoms with E-state index in [0.717, 1.165) is 89.7 Å². The molecule has 0 bridgehead atoms. The Balaban J connectivity index is 0. The van der Waals surface area contributed by atoms with Gasteiger partial charge in [0.2, 0.25) is 17.7 Å². The number of carboxylic acid groups (broad SMARTS) is 3. The van der Waals surface area contributed by atoms with Crippen molar-refractivity contribution in [2.24, 2.45) is 11.7 Å². The SMILES string of the molecule is NCCCNCCCCNCCCNC(=O)[C@H](CCNC(=O)Cc1ccccc1)NC(=O)C1CCCCC1.O=C(O)C(F)(F)F.O=C(O)C(F)(F)F.O=C(O)C(F)(F)F. The van der Waals surface area contributed by atoms with Gasteiger partial charge < -0.3 is 47.6 Å². The van der Waals surface area contributed by atoms with Crippen molar-refractivity contribution in [3.8, 4) is 0 Å². The number of benzene rings is 1. The third kappa shape index (κ3) is 32.9. The summed E-state index contributed by atoms with van der Waals surface area (Å²) in [7, 11) is 0. The number of carbonyl (C=O) groups excluding carboxylic acids is 3. The van der Waals surface area contributed by atoms with Gasteiger partial charge in [-0.25, -0.2) is 14.4 Å². The maximum atomic E-state index is 12.9. The molecule has 0 aromatic heterocycles. The van der Waals surface area contributed by atoms with E-state index in [9.17, 15) is 53.9 Å². The Morgan fingerprint density at radius 3 is 1.51 bits per heavy atom. The monoisotopic (exact) mass is 872 g/mol. The molecule has 0 aliphatic heterocycles. The van der Waals surface area contributed by atoms with Crippen molar-refractivity contribution in [3.05, 3.63) is 35.9 Å². The molecular weight excluding hydrogens is 819 g/mol. The lowest BCUT2D eigenvalue weighted by Gasteiger charge is -2.24. The lowest BCUT2D eigenvalue weighted by Crippen LogP contribution is -2.50. The summed E-state index contributed by atoms with van der Waals surface area (Å²) in [6.45, 7) is 5.37. The molecule has 1 aromatic rings. The number of carboxylic acids is 3. The van der Waals surface area contributed by atoms with Crippen LogP contribution in [-0.4, -0.2) is 121 Å². The summed E-state index contributed by atoms with van der Waals surface area (Å²) in [5.41, 5.74) is 6.42. The second-order valence-electron chi connectivity index (χ2n) is 12.6. The van der Waals surface area contributed by atoms with E-state index in [0.29, 0.717) is 25.9 Å². The van der Waals surface area contributed by atoms with Gasteiger partial charge in [0, 0.05) is 19.0 Å². The van der Waals surface area contributed by atoms with Crippen LogP contribution in [0, 0.1) is 5.92 Å². The van der Waals surface area contributed by atoms with Gasteiger partial charge in [0.15, 0.2) is 0 Å². The van der Waals surface area contributed by atoms with Gasteiger partial charge in [-0.1, -0.05) is 49.6 Å². The molecule has 1 aliphatic carbocycles. The highest BCUT2D eigenvalue weighted by Crippen LogP contribution is 2.24. The zero-order chi connectivity index (χ0) is 45.5. The van der Waals surface area contributed by atoms with Gasteiger partial charge in [-0.05, 0) is 83.2 Å². The van der Waals surface area contributed by atoms with E-state index in [2.05, 4.69) is 26.6 Å². The first-order valence-electron chi connectivity index (χ1n) is 18.3. The highest BCUT2D eigenvalue weighted by atomic mass is 19.4. The van der Waals surface area contributed by atoms with Gasteiger partial charge in [0.25, 0.3) is 0 Å². The maximum Gasteiger partial charge on any atom is 0.490 e. The molecule has 0 unspecified atom stereocenters. The third-order valence-corrected chi connectivity index (χ3v) is 7.64. The summed E-state index contributed by atoms with van der Waals surface area (Å²) in [5, 5.41) is 37.0. The molecule has 24 heteroatoms. The van der Waals surface area contributed by atoms with Crippen LogP contribution in [0.1, 0.15) is 69.8 Å². The molecule has 59 heavy (non-hydrogen) atoms. The van der Waals surface area contributed by atoms with Gasteiger partial charge in [0.05, 0.1) is 6.42 Å². The minimum Gasteiger partial charge on any atom is -0.475 e. The summed E-state index contributed by atoms with van der Waals surface area (Å²) in [6, 6.07) is 8.90. The molecule has 1 aromatic carbocycles. The normalized spacial score (nSPS) is 13.4. The fraction of sp³-hybridized carbons (Fsp3) is 0.657. The minimum atomic E-state index is -5.08. The van der Waals surface area contributed by atoms with Crippen LogP contribution in [0.3, 0.4) is 0 Å². The number of amides is 3. The largest absolute Gasteiger partial charge is 0.490 e. The number of aliphatic carboxylic acids is 3. The average Bonchev–Trinajstić information content (AvgIpc) is 3.15. The standard InChI is InChI=1S/C29H50N6O3.3C2HF3O2/c30-16-9-19-31-17-7-8-18-32-20-10-21-34-29(38)26(35-28(37)25-13-5-2-6-14-25)15-22-33-27(36)23-24-11-3-1-4-12-24;3*3-2(4,5)1(6)7/h1,3-4,11-12,25-26,31-32H,2,5-10,13-23,30H2,(H,33,36)(H,34,38)(H,35,37);3*(H,6,7)/t26-;;;/m0.../s1. The van der Waals surface area contributed by atoms with Gasteiger partial charge in [-0.2, -0.15) is 39.5 Å². The summed E-state index contributed by atoms with van der Waals surface area (Å²) in [5.74, 6) is -8.61.